The van der Waals surface area contributed by atoms with E-state index >= 15 is 0 Å². The lowest BCUT2D eigenvalue weighted by Crippen LogP contribution is -2.43. The fourth-order valence-electron chi connectivity index (χ4n) is 2.25. The average molecular weight is 261 g/mol. The zero-order valence-electron chi connectivity index (χ0n) is 11.2. The minimum atomic E-state index is -0.413. The summed E-state index contributed by atoms with van der Waals surface area (Å²) >= 11 is 0. The molecule has 0 aromatic heterocycles. The third-order valence-corrected chi connectivity index (χ3v) is 3.65. The van der Waals surface area contributed by atoms with E-state index in [1.165, 1.54) is 0 Å². The van der Waals surface area contributed by atoms with Gasteiger partial charge >= 0.3 is 0 Å². The first-order valence-electron chi connectivity index (χ1n) is 6.40. The molecule has 5 heteroatoms. The van der Waals surface area contributed by atoms with Crippen molar-refractivity contribution >= 4 is 17.5 Å². The molecule has 1 aromatic carbocycles. The highest BCUT2D eigenvalue weighted by Gasteiger charge is 2.33. The predicted octanol–water partition coefficient (Wildman–Crippen LogP) is 0.918. The highest BCUT2D eigenvalue weighted by atomic mass is 16.2. The van der Waals surface area contributed by atoms with Gasteiger partial charge in [-0.15, -0.1) is 0 Å². The monoisotopic (exact) mass is 261 g/mol. The number of nitrogens with one attached hydrogen (secondary N) is 1. The second-order valence-corrected chi connectivity index (χ2v) is 4.93. The molecule has 0 spiro atoms. The normalized spacial score (nSPS) is 19.3. The van der Waals surface area contributed by atoms with E-state index in [2.05, 4.69) is 5.32 Å². The lowest BCUT2D eigenvalue weighted by Gasteiger charge is -2.31. The van der Waals surface area contributed by atoms with Crippen LogP contribution >= 0.6 is 0 Å². The Hall–Kier alpha value is -1.88. The summed E-state index contributed by atoms with van der Waals surface area (Å²) in [6.07, 6.45) is 0.192. The number of carbonyl (C=O) groups excluding carboxylic acids is 2. The van der Waals surface area contributed by atoms with E-state index in [0.717, 1.165) is 11.3 Å². The van der Waals surface area contributed by atoms with Gasteiger partial charge in [0.15, 0.2) is 0 Å². The summed E-state index contributed by atoms with van der Waals surface area (Å²) in [5.41, 5.74) is 7.19. The van der Waals surface area contributed by atoms with Crippen LogP contribution in [-0.4, -0.2) is 36.3 Å². The van der Waals surface area contributed by atoms with Gasteiger partial charge in [-0.25, -0.2) is 0 Å². The van der Waals surface area contributed by atoms with Gasteiger partial charge in [-0.05, 0) is 18.6 Å². The van der Waals surface area contributed by atoms with Gasteiger partial charge in [-0.1, -0.05) is 18.2 Å². The van der Waals surface area contributed by atoms with Gasteiger partial charge in [0.2, 0.25) is 11.8 Å². The number of fused-ring (bicyclic) bond motifs is 1. The molecule has 0 fully saturated rings. The van der Waals surface area contributed by atoms with Crippen molar-refractivity contribution in [3.8, 4) is 0 Å². The molecule has 102 valence electrons. The number of amides is 2. The molecule has 2 rings (SSSR count). The SMILES string of the molecule is CC(CN)N(C)C(=O)C1CC(=O)Nc2ccccc21. The summed E-state index contributed by atoms with van der Waals surface area (Å²) in [5, 5.41) is 2.79. The van der Waals surface area contributed by atoms with Crippen molar-refractivity contribution < 1.29 is 9.59 Å². The Kier molecular flexibility index (Phi) is 3.85. The zero-order valence-corrected chi connectivity index (χ0v) is 11.2. The minimum absolute atomic E-state index is 0.0374. The third kappa shape index (κ3) is 2.61. The van der Waals surface area contributed by atoms with Crippen LogP contribution in [0, 0.1) is 0 Å². The van der Waals surface area contributed by atoms with Crippen molar-refractivity contribution in [2.24, 2.45) is 5.73 Å². The maximum Gasteiger partial charge on any atom is 0.230 e. The summed E-state index contributed by atoms with van der Waals surface area (Å²) in [6.45, 7) is 2.30. The van der Waals surface area contributed by atoms with Crippen LogP contribution in [0.2, 0.25) is 0 Å². The Balaban J connectivity index is 2.30. The van der Waals surface area contributed by atoms with Crippen molar-refractivity contribution in [3.63, 3.8) is 0 Å². The fraction of sp³-hybridized carbons (Fsp3) is 0.429. The summed E-state index contributed by atoms with van der Waals surface area (Å²) in [4.78, 5) is 25.8. The molecule has 2 unspecified atom stereocenters. The van der Waals surface area contributed by atoms with Crippen molar-refractivity contribution in [1.82, 2.24) is 4.90 Å². The van der Waals surface area contributed by atoms with Crippen LogP contribution in [0.15, 0.2) is 24.3 Å². The van der Waals surface area contributed by atoms with E-state index in [1.807, 2.05) is 31.2 Å². The summed E-state index contributed by atoms with van der Waals surface area (Å²) in [6, 6.07) is 7.39. The first-order valence-corrected chi connectivity index (χ1v) is 6.40. The molecular weight excluding hydrogens is 242 g/mol. The molecule has 1 heterocycles. The van der Waals surface area contributed by atoms with Crippen LogP contribution in [0.3, 0.4) is 0 Å². The molecule has 0 radical (unpaired) electrons. The lowest BCUT2D eigenvalue weighted by atomic mass is 9.89. The van der Waals surface area contributed by atoms with Gasteiger partial charge in [0.05, 0.1) is 5.92 Å². The van der Waals surface area contributed by atoms with Gasteiger partial charge < -0.3 is 16.0 Å². The molecule has 19 heavy (non-hydrogen) atoms. The quantitative estimate of drug-likeness (QED) is 0.849. The largest absolute Gasteiger partial charge is 0.341 e. The van der Waals surface area contributed by atoms with Crippen LogP contribution in [0.25, 0.3) is 0 Å². The van der Waals surface area contributed by atoms with E-state index in [-0.39, 0.29) is 24.3 Å². The number of likely N-dealkylation sites (N-methyl/N-ethyl adjacent to an activating group) is 1. The number of nitrogens with zero attached hydrogens (tertiary/aromatic N) is 1. The number of para-hydroxylation sites is 1. The Labute approximate surface area is 112 Å². The van der Waals surface area contributed by atoms with E-state index in [0.29, 0.717) is 6.54 Å². The number of anilines is 1. The van der Waals surface area contributed by atoms with Crippen molar-refractivity contribution in [2.45, 2.75) is 25.3 Å². The molecular formula is C14H19N3O2. The van der Waals surface area contributed by atoms with Gasteiger partial charge in [0.1, 0.15) is 0 Å². The van der Waals surface area contributed by atoms with Crippen LogP contribution in [-0.2, 0) is 9.59 Å². The van der Waals surface area contributed by atoms with Crippen molar-refractivity contribution in [3.05, 3.63) is 29.8 Å². The van der Waals surface area contributed by atoms with Gasteiger partial charge in [-0.2, -0.15) is 0 Å². The predicted molar refractivity (Wildman–Crippen MR) is 73.7 cm³/mol. The van der Waals surface area contributed by atoms with Gasteiger partial charge in [0, 0.05) is 31.7 Å². The minimum Gasteiger partial charge on any atom is -0.341 e. The number of hydrogen-bond donors (Lipinski definition) is 2. The molecule has 5 nitrogen and oxygen atoms in total. The van der Waals surface area contributed by atoms with Crippen LogP contribution in [0.1, 0.15) is 24.8 Å². The Morgan fingerprint density at radius 1 is 1.53 bits per heavy atom. The number of carbonyl (C=O) groups is 2. The molecule has 2 amide bonds. The summed E-state index contributed by atoms with van der Waals surface area (Å²) < 4.78 is 0. The van der Waals surface area contributed by atoms with E-state index in [4.69, 9.17) is 5.73 Å². The summed E-state index contributed by atoms with van der Waals surface area (Å²) in [7, 11) is 1.73. The van der Waals surface area contributed by atoms with E-state index in [9.17, 15) is 9.59 Å². The fourth-order valence-corrected chi connectivity index (χ4v) is 2.25. The average Bonchev–Trinajstić information content (AvgIpc) is 2.43. The smallest absolute Gasteiger partial charge is 0.230 e. The first-order chi connectivity index (χ1) is 9.04. The molecule has 0 bridgehead atoms. The van der Waals surface area contributed by atoms with Crippen LogP contribution in [0.5, 0.6) is 0 Å². The third-order valence-electron chi connectivity index (χ3n) is 3.65. The molecule has 0 aliphatic carbocycles. The highest BCUT2D eigenvalue weighted by molar-refractivity contribution is 6.01. The lowest BCUT2D eigenvalue weighted by molar-refractivity contribution is -0.135. The summed E-state index contributed by atoms with van der Waals surface area (Å²) in [5.74, 6) is -0.588. The number of hydrogen-bond acceptors (Lipinski definition) is 3. The molecule has 1 aliphatic heterocycles. The van der Waals surface area contributed by atoms with Crippen molar-refractivity contribution in [2.75, 3.05) is 18.9 Å². The Morgan fingerprint density at radius 3 is 2.89 bits per heavy atom. The van der Waals surface area contributed by atoms with Crippen LogP contribution < -0.4 is 11.1 Å². The van der Waals surface area contributed by atoms with Crippen molar-refractivity contribution in [1.29, 1.82) is 0 Å². The maximum atomic E-state index is 12.5. The molecule has 0 saturated heterocycles. The number of nitrogens with two attached hydrogens (primary N) is 1. The first kappa shape index (κ1) is 13.5. The molecule has 1 aromatic rings. The zero-order chi connectivity index (χ0) is 14.0. The second-order valence-electron chi connectivity index (χ2n) is 4.93. The topological polar surface area (TPSA) is 75.4 Å². The number of rotatable bonds is 3. The Bertz CT molecular complexity index is 501. The molecule has 0 saturated carbocycles. The highest BCUT2D eigenvalue weighted by Crippen LogP contribution is 2.33. The van der Waals surface area contributed by atoms with Gasteiger partial charge in [-0.3, -0.25) is 9.59 Å². The second kappa shape index (κ2) is 5.40. The van der Waals surface area contributed by atoms with Gasteiger partial charge in [0.25, 0.3) is 0 Å². The van der Waals surface area contributed by atoms with E-state index in [1.54, 1.807) is 11.9 Å². The number of benzene rings is 1. The molecule has 1 aliphatic rings. The van der Waals surface area contributed by atoms with Crippen LogP contribution in [0.4, 0.5) is 5.69 Å². The Morgan fingerprint density at radius 2 is 2.21 bits per heavy atom. The van der Waals surface area contributed by atoms with E-state index < -0.39 is 5.92 Å². The molecule has 2 atom stereocenters. The standard InChI is InChI=1S/C14H19N3O2/c1-9(8-15)17(2)14(19)11-7-13(18)16-12-6-4-3-5-10(11)12/h3-6,9,11H,7-8,15H2,1-2H3,(H,16,18). The molecule has 3 N–H and O–H groups in total. The maximum absolute atomic E-state index is 12.5.